The molecular weight excluding hydrogens is 272 g/mol. The second-order valence-corrected chi connectivity index (χ2v) is 5.47. The van der Waals surface area contributed by atoms with Crippen molar-refractivity contribution in [3.8, 4) is 11.3 Å². The minimum Gasteiger partial charge on any atom is -0.437 e. The first-order valence-electron chi connectivity index (χ1n) is 8.61. The monoisotopic (exact) mass is 291 g/mol. The smallest absolute Gasteiger partial charge is 0.227 e. The van der Waals surface area contributed by atoms with Crippen LogP contribution < -0.4 is 0 Å². The van der Waals surface area contributed by atoms with E-state index >= 15 is 0 Å². The van der Waals surface area contributed by atoms with Crippen molar-refractivity contribution in [2.45, 2.75) is 20.7 Å². The van der Waals surface area contributed by atoms with E-state index in [1.165, 1.54) is 6.20 Å². The Morgan fingerprint density at radius 1 is 1.05 bits per heavy atom. The van der Waals surface area contributed by atoms with Gasteiger partial charge in [0, 0.05) is 32.3 Å². The number of rotatable bonds is 1. The summed E-state index contributed by atoms with van der Waals surface area (Å²) < 4.78 is 28.7. The summed E-state index contributed by atoms with van der Waals surface area (Å²) in [7, 11) is 0. The Kier molecular flexibility index (Phi) is 2.15. The van der Waals surface area contributed by atoms with Crippen molar-refractivity contribution in [1.29, 1.82) is 0 Å². The summed E-state index contributed by atoms with van der Waals surface area (Å²) in [6.45, 7) is 1.55. The van der Waals surface area contributed by atoms with Gasteiger partial charge in [0.1, 0.15) is 5.58 Å². The maximum atomic E-state index is 7.58. The fourth-order valence-electron chi connectivity index (χ4n) is 2.68. The summed E-state index contributed by atoms with van der Waals surface area (Å²) in [4.78, 5) is 8.82. The molecule has 0 amide bonds. The van der Waals surface area contributed by atoms with Gasteiger partial charge in [0.05, 0.1) is 5.69 Å². The van der Waals surface area contributed by atoms with Crippen LogP contribution in [0.4, 0.5) is 0 Å². The number of aromatic nitrogens is 2. The summed E-state index contributed by atoms with van der Waals surface area (Å²) in [6.07, 6.45) is 1.43. The molecule has 0 saturated heterocycles. The van der Waals surface area contributed by atoms with Crippen molar-refractivity contribution in [3.05, 3.63) is 59.4 Å². The van der Waals surface area contributed by atoms with Gasteiger partial charge in [-0.2, -0.15) is 0 Å². The van der Waals surface area contributed by atoms with E-state index in [9.17, 15) is 0 Å². The van der Waals surface area contributed by atoms with E-state index in [0.717, 1.165) is 22.0 Å². The first-order valence-corrected chi connectivity index (χ1v) is 7.11. The second kappa shape index (κ2) is 4.67. The number of furan rings is 1. The van der Waals surface area contributed by atoms with Crippen LogP contribution in [0.15, 0.2) is 47.0 Å². The molecule has 0 N–H and O–H groups in total. The normalized spacial score (nSPS) is 14.0. The van der Waals surface area contributed by atoms with Crippen LogP contribution in [0.2, 0.25) is 0 Å². The van der Waals surface area contributed by atoms with Crippen molar-refractivity contribution >= 4 is 22.1 Å². The average molecular weight is 291 g/mol. The van der Waals surface area contributed by atoms with Crippen LogP contribution in [-0.2, 0) is 0 Å². The average Bonchev–Trinajstić information content (AvgIpc) is 2.90. The lowest BCUT2D eigenvalue weighted by molar-refractivity contribution is 0.653. The molecule has 0 saturated carbocycles. The lowest BCUT2D eigenvalue weighted by Gasteiger charge is -2.05. The molecule has 4 aromatic rings. The molecule has 0 aliphatic carbocycles. The highest BCUT2D eigenvalue weighted by Gasteiger charge is 2.14. The van der Waals surface area contributed by atoms with Gasteiger partial charge in [-0.15, -0.1) is 0 Å². The largest absolute Gasteiger partial charge is 0.437 e. The van der Waals surface area contributed by atoms with Gasteiger partial charge in [0.2, 0.25) is 5.71 Å². The van der Waals surface area contributed by atoms with E-state index in [1.54, 1.807) is 13.0 Å². The third-order valence-corrected chi connectivity index (χ3v) is 3.89. The molecule has 3 heterocycles. The summed E-state index contributed by atoms with van der Waals surface area (Å²) >= 11 is 0. The maximum absolute atomic E-state index is 7.58. The Morgan fingerprint density at radius 3 is 2.77 bits per heavy atom. The zero-order valence-electron chi connectivity index (χ0n) is 15.3. The second-order valence-electron chi connectivity index (χ2n) is 5.47. The van der Waals surface area contributed by atoms with Gasteiger partial charge < -0.3 is 4.42 Å². The molecule has 0 aliphatic heterocycles. The van der Waals surface area contributed by atoms with Crippen molar-refractivity contribution in [3.63, 3.8) is 0 Å². The summed E-state index contributed by atoms with van der Waals surface area (Å²) in [5.41, 5.74) is 4.67. The number of nitrogens with zero attached hydrogens (tertiary/aromatic N) is 2. The minimum absolute atomic E-state index is 0.269. The quantitative estimate of drug-likeness (QED) is 0.497. The predicted octanol–water partition coefficient (Wildman–Crippen LogP) is 4.97. The predicted molar refractivity (Wildman–Crippen MR) is 89.0 cm³/mol. The van der Waals surface area contributed by atoms with Crippen LogP contribution in [0.5, 0.6) is 0 Å². The van der Waals surface area contributed by atoms with Crippen LogP contribution in [0.3, 0.4) is 0 Å². The molecule has 4 rings (SSSR count). The number of fused-ring (bicyclic) bond motifs is 3. The van der Waals surface area contributed by atoms with Gasteiger partial charge in [0.25, 0.3) is 0 Å². The fraction of sp³-hybridized carbons (Fsp3) is 0.158. The Hall–Kier alpha value is -2.68. The van der Waals surface area contributed by atoms with Crippen LogP contribution >= 0.6 is 0 Å². The molecule has 0 aliphatic rings. The first kappa shape index (κ1) is 10.1. The number of para-hydroxylation sites is 1. The highest BCUT2D eigenvalue weighted by atomic mass is 16.3. The van der Waals surface area contributed by atoms with Gasteiger partial charge in [-0.05, 0) is 56.1 Å². The molecule has 0 radical (unpaired) electrons. The maximum Gasteiger partial charge on any atom is 0.227 e. The Morgan fingerprint density at radius 2 is 1.95 bits per heavy atom. The van der Waals surface area contributed by atoms with E-state index in [4.69, 9.17) is 8.53 Å². The van der Waals surface area contributed by atoms with Crippen molar-refractivity contribution in [1.82, 2.24) is 9.97 Å². The van der Waals surface area contributed by atoms with Crippen LogP contribution in [0.1, 0.15) is 20.9 Å². The lowest BCUT2D eigenvalue weighted by atomic mass is 10.0. The standard InChI is InChI=1S/C19H16N2O/c1-11-9-17(20-10-12(11)2)16-6-4-5-14-15-8-7-13(3)21-19(15)22-18(14)16/h4-10H,1-3H3/i2D3. The SMILES string of the molecule is [2H]C([2H])([2H])c1cnc(-c2cccc3c2oc2nc(C)ccc23)cc1C. The van der Waals surface area contributed by atoms with E-state index in [0.29, 0.717) is 22.6 Å². The Balaban J connectivity index is 1.95. The van der Waals surface area contributed by atoms with Crippen LogP contribution in [0, 0.1) is 20.7 Å². The van der Waals surface area contributed by atoms with E-state index in [2.05, 4.69) is 9.97 Å². The van der Waals surface area contributed by atoms with E-state index < -0.39 is 6.85 Å². The highest BCUT2D eigenvalue weighted by Crippen LogP contribution is 2.34. The highest BCUT2D eigenvalue weighted by molar-refractivity contribution is 6.08. The van der Waals surface area contributed by atoms with Gasteiger partial charge in [-0.1, -0.05) is 12.1 Å². The lowest BCUT2D eigenvalue weighted by Crippen LogP contribution is -1.88. The molecule has 0 fully saturated rings. The van der Waals surface area contributed by atoms with Crippen molar-refractivity contribution in [2.24, 2.45) is 0 Å². The molecule has 0 atom stereocenters. The van der Waals surface area contributed by atoms with E-state index in [1.807, 2.05) is 37.3 Å². The van der Waals surface area contributed by atoms with Gasteiger partial charge in [0.15, 0.2) is 0 Å². The number of benzene rings is 1. The molecule has 0 unspecified atom stereocenters. The zero-order valence-corrected chi connectivity index (χ0v) is 12.3. The fourth-order valence-corrected chi connectivity index (χ4v) is 2.68. The molecular formula is C19H16N2O. The molecule has 3 aromatic heterocycles. The number of pyridine rings is 2. The molecule has 108 valence electrons. The number of aryl methyl sites for hydroxylation is 3. The Labute approximate surface area is 132 Å². The molecule has 3 heteroatoms. The third-order valence-electron chi connectivity index (χ3n) is 3.89. The summed E-state index contributed by atoms with van der Waals surface area (Å²) in [5.74, 6) is 0. The van der Waals surface area contributed by atoms with E-state index in [-0.39, 0.29) is 5.56 Å². The molecule has 1 aromatic carbocycles. The summed E-state index contributed by atoms with van der Waals surface area (Å²) in [6, 6.07) is 11.6. The van der Waals surface area contributed by atoms with Gasteiger partial charge in [-0.25, -0.2) is 4.98 Å². The number of hydrogen-bond acceptors (Lipinski definition) is 3. The van der Waals surface area contributed by atoms with Gasteiger partial charge in [-0.3, -0.25) is 4.98 Å². The van der Waals surface area contributed by atoms with Gasteiger partial charge >= 0.3 is 0 Å². The van der Waals surface area contributed by atoms with Crippen LogP contribution in [0.25, 0.3) is 33.3 Å². The summed E-state index contributed by atoms with van der Waals surface area (Å²) in [5, 5.41) is 1.93. The molecule has 22 heavy (non-hydrogen) atoms. The first-order chi connectivity index (χ1) is 11.8. The van der Waals surface area contributed by atoms with Crippen molar-refractivity contribution < 1.29 is 8.53 Å². The molecule has 0 bridgehead atoms. The molecule has 3 nitrogen and oxygen atoms in total. The topological polar surface area (TPSA) is 38.9 Å². The molecule has 0 spiro atoms. The minimum atomic E-state index is -2.16. The Bertz CT molecular complexity index is 1110. The number of hydrogen-bond donors (Lipinski definition) is 0. The third kappa shape index (κ3) is 1.90. The van der Waals surface area contributed by atoms with Crippen molar-refractivity contribution in [2.75, 3.05) is 0 Å². The van der Waals surface area contributed by atoms with Crippen LogP contribution in [-0.4, -0.2) is 9.97 Å². The zero-order chi connectivity index (χ0) is 17.8.